The third-order valence-electron chi connectivity index (χ3n) is 7.08. The summed E-state index contributed by atoms with van der Waals surface area (Å²) in [5, 5.41) is 3.96. The van der Waals surface area contributed by atoms with Crippen LogP contribution in [0.2, 0.25) is 0 Å². The lowest BCUT2D eigenvalue weighted by Crippen LogP contribution is -2.49. The van der Waals surface area contributed by atoms with E-state index in [0.29, 0.717) is 18.1 Å². The van der Waals surface area contributed by atoms with E-state index in [-0.39, 0.29) is 5.91 Å². The second-order valence-electron chi connectivity index (χ2n) is 9.46. The van der Waals surface area contributed by atoms with Gasteiger partial charge >= 0.3 is 0 Å². The van der Waals surface area contributed by atoms with Crippen LogP contribution in [0.4, 0.5) is 0 Å². The standard InChI is InChI=1S/C27H37N3O4/c1-20-24(21(2)34-28-20)19-33-25-11-9-22(17-26(25)32-3)10-12-27(31)30-15-13-29(14-16-30)18-23-7-5-4-6-8-23/h9-12,17,23H,4-8,13-16,18-19H2,1-3H3/b12-10+. The Kier molecular flexibility index (Phi) is 8.27. The van der Waals surface area contributed by atoms with Crippen molar-refractivity contribution in [2.24, 2.45) is 5.92 Å². The molecule has 2 aliphatic rings. The molecule has 0 radical (unpaired) electrons. The molecule has 0 unspecified atom stereocenters. The number of carbonyl (C=O) groups excluding carboxylic acids is 1. The van der Waals surface area contributed by atoms with Gasteiger partial charge in [0.05, 0.1) is 18.4 Å². The number of carbonyl (C=O) groups is 1. The molecule has 2 fully saturated rings. The van der Waals surface area contributed by atoms with Gasteiger partial charge in [0.2, 0.25) is 5.91 Å². The van der Waals surface area contributed by atoms with Gasteiger partial charge in [-0.3, -0.25) is 9.69 Å². The zero-order valence-corrected chi connectivity index (χ0v) is 20.7. The number of piperazine rings is 1. The number of aryl methyl sites for hydroxylation is 2. The van der Waals surface area contributed by atoms with Crippen LogP contribution >= 0.6 is 0 Å². The van der Waals surface area contributed by atoms with Crippen molar-refractivity contribution >= 4 is 12.0 Å². The first-order valence-electron chi connectivity index (χ1n) is 12.5. The van der Waals surface area contributed by atoms with E-state index in [1.807, 2.05) is 43.0 Å². The third kappa shape index (κ3) is 6.20. The van der Waals surface area contributed by atoms with Gasteiger partial charge in [0.15, 0.2) is 11.5 Å². The van der Waals surface area contributed by atoms with Crippen LogP contribution in [0.1, 0.15) is 54.7 Å². The van der Waals surface area contributed by atoms with E-state index in [1.54, 1.807) is 13.2 Å². The number of ether oxygens (including phenoxy) is 2. The van der Waals surface area contributed by atoms with Crippen LogP contribution in [0, 0.1) is 19.8 Å². The largest absolute Gasteiger partial charge is 0.493 e. The highest BCUT2D eigenvalue weighted by Crippen LogP contribution is 2.30. The molecule has 0 N–H and O–H groups in total. The van der Waals surface area contributed by atoms with Gasteiger partial charge in [-0.05, 0) is 56.4 Å². The summed E-state index contributed by atoms with van der Waals surface area (Å²) in [6.07, 6.45) is 10.4. The number of hydrogen-bond donors (Lipinski definition) is 0. The molecule has 1 aliphatic carbocycles. The normalized spacial score (nSPS) is 17.9. The van der Waals surface area contributed by atoms with Crippen LogP contribution in [-0.4, -0.2) is 60.7 Å². The highest BCUT2D eigenvalue weighted by Gasteiger charge is 2.23. The summed E-state index contributed by atoms with van der Waals surface area (Å²) in [7, 11) is 1.61. The lowest BCUT2D eigenvalue weighted by molar-refractivity contribution is -0.127. The SMILES string of the molecule is COc1cc(/C=C/C(=O)N2CCN(CC3CCCCC3)CC2)ccc1OCc1c(C)noc1C. The first kappa shape index (κ1) is 24.3. The van der Waals surface area contributed by atoms with Crippen LogP contribution in [0.3, 0.4) is 0 Å². The Morgan fingerprint density at radius 2 is 1.88 bits per heavy atom. The van der Waals surface area contributed by atoms with E-state index in [0.717, 1.165) is 54.7 Å². The molecule has 4 rings (SSSR count). The average Bonchev–Trinajstić information content (AvgIpc) is 3.19. The lowest BCUT2D eigenvalue weighted by Gasteiger charge is -2.36. The molecule has 1 amide bonds. The Bertz CT molecular complexity index is 966. The van der Waals surface area contributed by atoms with Gasteiger partial charge in [-0.15, -0.1) is 0 Å². The highest BCUT2D eigenvalue weighted by atomic mass is 16.5. The van der Waals surface area contributed by atoms with Gasteiger partial charge in [-0.1, -0.05) is 30.5 Å². The van der Waals surface area contributed by atoms with Crippen molar-refractivity contribution < 1.29 is 18.8 Å². The molecule has 1 aliphatic heterocycles. The topological polar surface area (TPSA) is 68.0 Å². The van der Waals surface area contributed by atoms with Crippen LogP contribution in [-0.2, 0) is 11.4 Å². The molecule has 7 heteroatoms. The molecular weight excluding hydrogens is 430 g/mol. The molecule has 2 aromatic rings. The quantitative estimate of drug-likeness (QED) is 0.528. The smallest absolute Gasteiger partial charge is 0.246 e. The molecular formula is C27H37N3O4. The van der Waals surface area contributed by atoms with E-state index < -0.39 is 0 Å². The maximum atomic E-state index is 12.7. The van der Waals surface area contributed by atoms with Crippen molar-refractivity contribution in [3.63, 3.8) is 0 Å². The van der Waals surface area contributed by atoms with E-state index in [4.69, 9.17) is 14.0 Å². The van der Waals surface area contributed by atoms with E-state index in [1.165, 1.54) is 38.6 Å². The summed E-state index contributed by atoms with van der Waals surface area (Å²) in [4.78, 5) is 17.2. The number of aromatic nitrogens is 1. The summed E-state index contributed by atoms with van der Waals surface area (Å²) in [6.45, 7) is 8.87. The Balaban J connectivity index is 1.28. The molecule has 1 aromatic heterocycles. The van der Waals surface area contributed by atoms with Crippen LogP contribution in [0.15, 0.2) is 28.8 Å². The Morgan fingerprint density at radius 1 is 1.12 bits per heavy atom. The minimum Gasteiger partial charge on any atom is -0.493 e. The molecule has 0 atom stereocenters. The number of rotatable bonds is 8. The Labute approximate surface area is 202 Å². The summed E-state index contributed by atoms with van der Waals surface area (Å²) < 4.78 is 16.7. The van der Waals surface area contributed by atoms with Gasteiger partial charge < -0.3 is 18.9 Å². The van der Waals surface area contributed by atoms with Gasteiger partial charge in [0.25, 0.3) is 0 Å². The molecule has 7 nitrogen and oxygen atoms in total. The predicted molar refractivity (Wildman–Crippen MR) is 132 cm³/mol. The van der Waals surface area contributed by atoms with E-state index in [2.05, 4.69) is 10.1 Å². The summed E-state index contributed by atoms with van der Waals surface area (Å²) in [5.74, 6) is 2.93. The first-order chi connectivity index (χ1) is 16.5. The minimum absolute atomic E-state index is 0.0648. The Hall–Kier alpha value is -2.80. The first-order valence-corrected chi connectivity index (χ1v) is 12.5. The fourth-order valence-electron chi connectivity index (χ4n) is 4.92. The fourth-order valence-corrected chi connectivity index (χ4v) is 4.92. The van der Waals surface area contributed by atoms with E-state index >= 15 is 0 Å². The minimum atomic E-state index is 0.0648. The van der Waals surface area contributed by atoms with Gasteiger partial charge in [0, 0.05) is 38.8 Å². The zero-order chi connectivity index (χ0) is 23.9. The van der Waals surface area contributed by atoms with Gasteiger partial charge in [-0.25, -0.2) is 0 Å². The number of nitrogens with zero attached hydrogens (tertiary/aromatic N) is 3. The monoisotopic (exact) mass is 467 g/mol. The maximum absolute atomic E-state index is 12.7. The van der Waals surface area contributed by atoms with Gasteiger partial charge in [0.1, 0.15) is 12.4 Å². The molecule has 0 bridgehead atoms. The maximum Gasteiger partial charge on any atom is 0.246 e. The van der Waals surface area contributed by atoms with E-state index in [9.17, 15) is 4.79 Å². The fraction of sp³-hybridized carbons (Fsp3) is 0.556. The van der Waals surface area contributed by atoms with Crippen molar-refractivity contribution in [3.05, 3.63) is 46.9 Å². The van der Waals surface area contributed by atoms with Crippen molar-refractivity contribution in [1.29, 1.82) is 0 Å². The second kappa shape index (κ2) is 11.6. The lowest BCUT2D eigenvalue weighted by atomic mass is 9.89. The van der Waals surface area contributed by atoms with Crippen LogP contribution in [0.5, 0.6) is 11.5 Å². The average molecular weight is 468 g/mol. The molecule has 1 saturated carbocycles. The number of methoxy groups -OCH3 is 1. The summed E-state index contributed by atoms with van der Waals surface area (Å²) in [5.41, 5.74) is 2.66. The molecule has 184 valence electrons. The Morgan fingerprint density at radius 3 is 2.56 bits per heavy atom. The second-order valence-corrected chi connectivity index (χ2v) is 9.46. The van der Waals surface area contributed by atoms with Crippen molar-refractivity contribution in [1.82, 2.24) is 15.0 Å². The van der Waals surface area contributed by atoms with Crippen molar-refractivity contribution in [3.8, 4) is 11.5 Å². The molecule has 1 aromatic carbocycles. The summed E-state index contributed by atoms with van der Waals surface area (Å²) in [6, 6.07) is 5.68. The number of benzene rings is 1. The van der Waals surface area contributed by atoms with Crippen LogP contribution < -0.4 is 9.47 Å². The molecule has 1 saturated heterocycles. The highest BCUT2D eigenvalue weighted by molar-refractivity contribution is 5.92. The summed E-state index contributed by atoms with van der Waals surface area (Å²) >= 11 is 0. The molecule has 34 heavy (non-hydrogen) atoms. The van der Waals surface area contributed by atoms with Crippen LogP contribution in [0.25, 0.3) is 6.08 Å². The third-order valence-corrected chi connectivity index (χ3v) is 7.08. The molecule has 0 spiro atoms. The van der Waals surface area contributed by atoms with Crippen molar-refractivity contribution in [2.75, 3.05) is 39.8 Å². The number of hydrogen-bond acceptors (Lipinski definition) is 6. The van der Waals surface area contributed by atoms with Crippen molar-refractivity contribution in [2.45, 2.75) is 52.6 Å². The molecule has 2 heterocycles. The zero-order valence-electron chi connectivity index (χ0n) is 20.7. The number of amides is 1. The predicted octanol–water partition coefficient (Wildman–Crippen LogP) is 4.62. The van der Waals surface area contributed by atoms with Gasteiger partial charge in [-0.2, -0.15) is 0 Å².